The molecule has 11 heteroatoms. The van der Waals surface area contributed by atoms with Crippen LogP contribution in [0.25, 0.3) is 27.4 Å². The molecule has 0 atom stereocenters. The third kappa shape index (κ3) is 63.2. The van der Waals surface area contributed by atoms with Crippen molar-refractivity contribution >= 4 is 39.4 Å². The number of aromatic hydroxyl groups is 1. The quantitative estimate of drug-likeness (QED) is 0.139. The van der Waals surface area contributed by atoms with Crippen LogP contribution in [0.1, 0.15) is 162 Å². The second-order valence-corrected chi connectivity index (χ2v) is 19.7. The van der Waals surface area contributed by atoms with Crippen LogP contribution in [-0.2, 0) is 0 Å². The summed E-state index contributed by atoms with van der Waals surface area (Å²) in [6.45, 7) is 69.8. The van der Waals surface area contributed by atoms with Crippen molar-refractivity contribution in [2.45, 2.75) is 166 Å². The largest absolute Gasteiger partial charge is 0.508 e. The molecule has 11 nitrogen and oxygen atoms in total. The van der Waals surface area contributed by atoms with Gasteiger partial charge in [-0.2, -0.15) is 5.10 Å². The fraction of sp³-hybridized carbons (Fsp3) is 0.308. The second-order valence-electron chi connectivity index (χ2n) is 19.7. The molecule has 5 aromatic heterocycles. The number of para-hydroxylation sites is 1. The Morgan fingerprint density at radius 1 is 0.471 bits per heavy atom. The first-order valence-electron chi connectivity index (χ1n) is 33.4. The van der Waals surface area contributed by atoms with Gasteiger partial charge in [-0.1, -0.05) is 204 Å². The highest BCUT2D eigenvalue weighted by molar-refractivity contribution is 5.94. The fourth-order valence-corrected chi connectivity index (χ4v) is 7.45. The van der Waals surface area contributed by atoms with E-state index in [0.29, 0.717) is 5.75 Å². The number of hydrogen-bond acceptors (Lipinski definition) is 9. The minimum absolute atomic E-state index is 0. The van der Waals surface area contributed by atoms with Gasteiger partial charge in [0.15, 0.2) is 0 Å². The fourth-order valence-electron chi connectivity index (χ4n) is 7.45. The Kier molecular flexibility index (Phi) is 94.2. The molecule has 562 valence electrons. The monoisotopic (exact) mass is 1390 g/mol. The van der Waals surface area contributed by atoms with Gasteiger partial charge in [-0.25, -0.2) is 15.0 Å². The lowest BCUT2D eigenvalue weighted by molar-refractivity contribution is 0.277. The van der Waals surface area contributed by atoms with Gasteiger partial charge in [0.1, 0.15) is 17.9 Å². The van der Waals surface area contributed by atoms with Crippen LogP contribution in [0.2, 0.25) is 0 Å². The number of aliphatic imine (C=N–C) groups is 2. The first kappa shape index (κ1) is 113. The zero-order chi connectivity index (χ0) is 75.6. The third-order valence-electron chi connectivity index (χ3n) is 12.2. The number of piperidine rings is 1. The number of aryl methyl sites for hydroxylation is 7. The van der Waals surface area contributed by atoms with Crippen molar-refractivity contribution in [3.63, 3.8) is 0 Å². The van der Waals surface area contributed by atoms with Gasteiger partial charge in [0, 0.05) is 65.4 Å². The lowest BCUT2D eigenvalue weighted by Crippen LogP contribution is -2.24. The molecule has 4 aliphatic rings. The van der Waals surface area contributed by atoms with Crippen LogP contribution in [0.15, 0.2) is 302 Å². The van der Waals surface area contributed by atoms with E-state index in [2.05, 4.69) is 261 Å². The molecular formula is C91H142N10O. The number of likely N-dealkylation sites (tertiary alicyclic amines) is 1. The summed E-state index contributed by atoms with van der Waals surface area (Å²) in [5.41, 5.74) is 15.2. The van der Waals surface area contributed by atoms with E-state index >= 15 is 0 Å². The van der Waals surface area contributed by atoms with E-state index < -0.39 is 0 Å². The lowest BCUT2D eigenvalue weighted by atomic mass is 10.0. The smallest absolute Gasteiger partial charge is 0.125 e. The van der Waals surface area contributed by atoms with Gasteiger partial charge in [0.25, 0.3) is 0 Å². The number of benzene rings is 4. The number of phenols is 1. The Bertz CT molecular complexity index is 3220. The summed E-state index contributed by atoms with van der Waals surface area (Å²) in [4.78, 5) is 28.7. The van der Waals surface area contributed by atoms with Crippen molar-refractivity contribution in [2.24, 2.45) is 9.98 Å². The number of pyridine rings is 2. The number of aromatic nitrogens is 7. The van der Waals surface area contributed by atoms with E-state index in [-0.39, 0.29) is 29.7 Å². The number of hydrogen-bond donors (Lipinski definition) is 3. The van der Waals surface area contributed by atoms with Crippen molar-refractivity contribution in [1.29, 1.82) is 0 Å². The van der Waals surface area contributed by atoms with Crippen LogP contribution in [0.5, 0.6) is 5.75 Å². The average molecular weight is 1390 g/mol. The first-order chi connectivity index (χ1) is 47.7. The van der Waals surface area contributed by atoms with E-state index in [9.17, 15) is 0 Å². The molecule has 0 saturated carbocycles. The first-order valence-corrected chi connectivity index (χ1v) is 33.4. The molecule has 0 amide bonds. The number of H-pyrrole nitrogens is 2. The standard InChI is InChI=1S/C12H12.C9H9N.C8H8N2.C7H8O.2C6H7N.C6H13N.C6H8.C5H6N2.C4H6N2.3C2H6.6C2H4.4CH4/c1-10-6-8-12(9-7-10)11-4-2-3-5-11;1-7-6-10-9-5-3-2-4-8(7)9;1-6-2-3-7-5-9-10-8(7)4-6;1-6-2-4-7(8)5-3-6;1-6-2-4-7-5-3-6;1-6-3-2-4-7-5-6;1-7-5-3-2-4-6-7;1-6-4-2-3-5-6;1-5-6-3-2-4-7-5;1-4-2-5-3-6-4;9*1-2;;;;/h2-4,6-9H,5H2,1H3;2-6,10H,1H3;2-5H,1H3,(H,9,10);2-5,8H,1H3;2*2-5H,1H3;2-6H2,1H3;2-4H,5H2,1H3;2-4H,1H3;3H,2H2,1H3;3*1-2H3;6*1-2H2;4*1H4. The van der Waals surface area contributed by atoms with Crippen LogP contribution >= 0.6 is 0 Å². The Morgan fingerprint density at radius 2 is 0.980 bits per heavy atom. The SMILES string of the molecule is C.C.C.C.C=C.C=C.C=C.C=C.C=C.C=C.CC.CC.CC.CC1=CC=CC1.CC1=NC=NC1.CN1CCCCC1.Cc1c[nH]c2ccccc12.Cc1ccc(C2=CC=CC2)cc1.Cc1ccc(O)cc1.Cc1ccc2cn[nH]c2c1.Cc1cccnc1.Cc1ccncc1.Cc1ncccn1. The second kappa shape index (κ2) is 85.0. The van der Waals surface area contributed by atoms with E-state index in [0.717, 1.165) is 30.0 Å². The van der Waals surface area contributed by atoms with Gasteiger partial charge in [0.2, 0.25) is 0 Å². The van der Waals surface area contributed by atoms with Crippen molar-refractivity contribution in [1.82, 2.24) is 40.0 Å². The highest BCUT2D eigenvalue weighted by Crippen LogP contribution is 2.23. The predicted octanol–water partition coefficient (Wildman–Crippen LogP) is 26.9. The Morgan fingerprint density at radius 3 is 1.33 bits per heavy atom. The van der Waals surface area contributed by atoms with Crippen molar-refractivity contribution in [3.05, 3.63) is 337 Å². The zero-order valence-corrected chi connectivity index (χ0v) is 63.4. The highest BCUT2D eigenvalue weighted by Gasteiger charge is 2.03. The van der Waals surface area contributed by atoms with Crippen molar-refractivity contribution in [3.8, 4) is 5.75 Å². The predicted molar refractivity (Wildman–Crippen MR) is 468 cm³/mol. The minimum atomic E-state index is 0. The van der Waals surface area contributed by atoms with Crippen LogP contribution in [0, 0.1) is 48.5 Å². The molecule has 0 unspecified atom stereocenters. The summed E-state index contributed by atoms with van der Waals surface area (Å²) in [6, 6.07) is 40.0. The van der Waals surface area contributed by atoms with E-state index in [1.807, 2.05) is 137 Å². The summed E-state index contributed by atoms with van der Waals surface area (Å²) >= 11 is 0. The van der Waals surface area contributed by atoms with Crippen LogP contribution < -0.4 is 0 Å². The summed E-state index contributed by atoms with van der Waals surface area (Å²) in [7, 11) is 2.19. The van der Waals surface area contributed by atoms with E-state index in [1.165, 1.54) is 105 Å². The van der Waals surface area contributed by atoms with Gasteiger partial charge in [-0.15, -0.1) is 78.9 Å². The van der Waals surface area contributed by atoms with E-state index in [4.69, 9.17) is 5.11 Å². The normalized spacial score (nSPS) is 10.6. The van der Waals surface area contributed by atoms with E-state index in [1.54, 1.807) is 55.5 Å². The maximum atomic E-state index is 8.76. The molecule has 3 N–H and O–H groups in total. The van der Waals surface area contributed by atoms with Crippen LogP contribution in [-0.4, -0.2) is 83.9 Å². The number of aromatic amines is 2. The van der Waals surface area contributed by atoms with Gasteiger partial charge in [0.05, 0.1) is 18.3 Å². The molecule has 9 aromatic rings. The summed E-state index contributed by atoms with van der Waals surface area (Å²) in [5.74, 6) is 1.15. The Hall–Kier alpha value is -10.2. The average Bonchev–Trinajstić information content (AvgIpc) is 1.77. The van der Waals surface area contributed by atoms with Crippen LogP contribution in [0.3, 0.4) is 0 Å². The Labute approximate surface area is 625 Å². The zero-order valence-electron chi connectivity index (χ0n) is 63.4. The van der Waals surface area contributed by atoms with Gasteiger partial charge in [-0.05, 0) is 190 Å². The topological polar surface area (TPSA) is 144 Å². The lowest BCUT2D eigenvalue weighted by Gasteiger charge is -2.20. The molecule has 2 aliphatic heterocycles. The maximum absolute atomic E-state index is 8.76. The van der Waals surface area contributed by atoms with Gasteiger partial charge >= 0.3 is 0 Å². The van der Waals surface area contributed by atoms with Gasteiger partial charge in [-0.3, -0.25) is 20.1 Å². The van der Waals surface area contributed by atoms with Crippen molar-refractivity contribution in [2.75, 3.05) is 26.7 Å². The highest BCUT2D eigenvalue weighted by atomic mass is 16.3. The number of nitrogens with zero attached hydrogens (tertiary/aromatic N) is 8. The molecule has 1 fully saturated rings. The van der Waals surface area contributed by atoms with Gasteiger partial charge < -0.3 is 15.0 Å². The summed E-state index contributed by atoms with van der Waals surface area (Å²) in [5, 5.41) is 18.1. The molecular weight excluding hydrogens is 1250 g/mol. The number of allylic oxidation sites excluding steroid dienone is 8. The Balaban J connectivity index is -0.000000113. The number of fused-ring (bicyclic) bond motifs is 2. The molecule has 0 bridgehead atoms. The molecule has 0 spiro atoms. The summed E-state index contributed by atoms with van der Waals surface area (Å²) < 4.78 is 0. The molecule has 0 radical (unpaired) electrons. The molecule has 1 saturated heterocycles. The van der Waals surface area contributed by atoms with Crippen molar-refractivity contribution < 1.29 is 5.11 Å². The molecule has 4 aromatic carbocycles. The van der Waals surface area contributed by atoms with Crippen LogP contribution in [0.4, 0.5) is 0 Å². The molecule has 102 heavy (non-hydrogen) atoms. The number of rotatable bonds is 1. The maximum Gasteiger partial charge on any atom is 0.125 e. The molecule has 2 aliphatic carbocycles. The number of phenolic OH excluding ortho intramolecular Hbond substituents is 1. The number of nitrogens with one attached hydrogen (secondary N) is 2. The summed E-state index contributed by atoms with van der Waals surface area (Å²) in [6.07, 6.45) is 35.5. The molecule has 7 heterocycles. The molecule has 13 rings (SSSR count). The minimum Gasteiger partial charge on any atom is -0.508 e. The third-order valence-corrected chi connectivity index (χ3v) is 12.2.